The van der Waals surface area contributed by atoms with E-state index in [-0.39, 0.29) is 17.8 Å². The monoisotopic (exact) mass is 406 g/mol. The third-order valence-electron chi connectivity index (χ3n) is 4.18. The topological polar surface area (TPSA) is 86.2 Å². The molecule has 0 radical (unpaired) electrons. The van der Waals surface area contributed by atoms with Gasteiger partial charge in [0.05, 0.1) is 30.7 Å². The number of pyridine rings is 1. The summed E-state index contributed by atoms with van der Waals surface area (Å²) in [6.07, 6.45) is 1.68. The molecular weight excluding hydrogens is 380 g/mol. The first-order valence-electron chi connectivity index (χ1n) is 9.83. The first-order chi connectivity index (χ1) is 14.3. The molecule has 0 aliphatic carbocycles. The van der Waals surface area contributed by atoms with Crippen LogP contribution in [0.1, 0.15) is 49.7 Å². The molecule has 0 atom stereocenters. The molecule has 3 aromatic rings. The fourth-order valence-electron chi connectivity index (χ4n) is 2.59. The van der Waals surface area contributed by atoms with Crippen LogP contribution in [0.3, 0.4) is 0 Å². The minimum atomic E-state index is -0.535. The molecule has 0 aliphatic rings. The molecule has 156 valence electrons. The van der Waals surface area contributed by atoms with Crippen molar-refractivity contribution in [1.82, 2.24) is 15.0 Å². The molecule has 3 rings (SSSR count). The van der Waals surface area contributed by atoms with Gasteiger partial charge in [0.15, 0.2) is 0 Å². The molecule has 0 bridgehead atoms. The van der Waals surface area contributed by atoms with Crippen molar-refractivity contribution < 1.29 is 14.3 Å². The number of carbonyl (C=O) groups excluding carboxylic acids is 1. The lowest BCUT2D eigenvalue weighted by Gasteiger charge is -2.19. The van der Waals surface area contributed by atoms with Crippen molar-refractivity contribution >= 4 is 11.8 Å². The Morgan fingerprint density at radius 3 is 2.43 bits per heavy atom. The highest BCUT2D eigenvalue weighted by Gasteiger charge is 2.21. The van der Waals surface area contributed by atoms with Gasteiger partial charge < -0.3 is 14.8 Å². The summed E-state index contributed by atoms with van der Waals surface area (Å²) in [4.78, 5) is 25.2. The van der Waals surface area contributed by atoms with Crippen LogP contribution >= 0.6 is 0 Å². The van der Waals surface area contributed by atoms with Gasteiger partial charge in [-0.1, -0.05) is 39.0 Å². The smallest absolute Gasteiger partial charge is 0.376 e. The van der Waals surface area contributed by atoms with Crippen LogP contribution in [0.4, 0.5) is 5.82 Å². The third-order valence-corrected chi connectivity index (χ3v) is 4.18. The molecule has 0 spiro atoms. The van der Waals surface area contributed by atoms with Gasteiger partial charge in [-0.05, 0) is 31.2 Å². The third kappa shape index (κ3) is 5.76. The number of rotatable bonds is 7. The number of anilines is 1. The number of nitrogens with one attached hydrogen (secondary N) is 1. The second-order valence-corrected chi connectivity index (χ2v) is 7.69. The Kier molecular flexibility index (Phi) is 6.61. The number of aromatic nitrogens is 3. The molecule has 0 amide bonds. The average molecular weight is 406 g/mol. The molecule has 0 saturated carbocycles. The number of carbonyl (C=O) groups is 1. The van der Waals surface area contributed by atoms with Gasteiger partial charge in [-0.2, -0.15) is 0 Å². The van der Waals surface area contributed by atoms with Crippen molar-refractivity contribution in [2.24, 2.45) is 0 Å². The standard InChI is InChI=1S/C23H26N4O3/c1-5-29-22(28)21-26-19(23(2,3)4)13-20(27-21)25-14-16-11-12-18(15-24-16)30-17-9-7-6-8-10-17/h6-13,15H,5,14H2,1-4H3,(H,25,26,27). The summed E-state index contributed by atoms with van der Waals surface area (Å²) in [5.74, 6) is 1.47. The van der Waals surface area contributed by atoms with Gasteiger partial charge in [0.25, 0.3) is 0 Å². The lowest BCUT2D eigenvalue weighted by molar-refractivity contribution is 0.0511. The van der Waals surface area contributed by atoms with Crippen LogP contribution in [0.25, 0.3) is 0 Å². The minimum absolute atomic E-state index is 0.0475. The van der Waals surface area contributed by atoms with Gasteiger partial charge in [0.2, 0.25) is 5.82 Å². The molecule has 2 heterocycles. The Morgan fingerprint density at radius 2 is 1.80 bits per heavy atom. The molecule has 0 aliphatic heterocycles. The maximum atomic E-state index is 12.1. The fraction of sp³-hybridized carbons (Fsp3) is 0.304. The lowest BCUT2D eigenvalue weighted by Crippen LogP contribution is -2.19. The maximum absolute atomic E-state index is 12.1. The van der Waals surface area contributed by atoms with E-state index in [2.05, 4.69) is 20.3 Å². The van der Waals surface area contributed by atoms with E-state index in [0.29, 0.717) is 18.1 Å². The van der Waals surface area contributed by atoms with E-state index in [1.807, 2.05) is 69.3 Å². The Labute approximate surface area is 176 Å². The Hall–Kier alpha value is -3.48. The Bertz CT molecular complexity index is 984. The number of benzene rings is 1. The second kappa shape index (κ2) is 9.35. The van der Waals surface area contributed by atoms with Crippen LogP contribution in [0.2, 0.25) is 0 Å². The number of nitrogens with zero attached hydrogens (tertiary/aromatic N) is 3. The van der Waals surface area contributed by atoms with E-state index in [0.717, 1.165) is 17.1 Å². The molecule has 1 N–H and O–H groups in total. The molecular formula is C23H26N4O3. The Morgan fingerprint density at radius 1 is 1.03 bits per heavy atom. The quantitative estimate of drug-likeness (QED) is 0.567. The van der Waals surface area contributed by atoms with E-state index in [4.69, 9.17) is 9.47 Å². The van der Waals surface area contributed by atoms with Gasteiger partial charge in [-0.25, -0.2) is 14.8 Å². The maximum Gasteiger partial charge on any atom is 0.376 e. The summed E-state index contributed by atoms with van der Waals surface area (Å²) < 4.78 is 10.8. The van der Waals surface area contributed by atoms with Gasteiger partial charge in [0, 0.05) is 11.5 Å². The number of ether oxygens (including phenoxy) is 2. The SMILES string of the molecule is CCOC(=O)c1nc(NCc2ccc(Oc3ccccc3)cn2)cc(C(C)(C)C)n1. The first kappa shape index (κ1) is 21.2. The highest BCUT2D eigenvalue weighted by molar-refractivity contribution is 5.85. The largest absolute Gasteiger partial charge is 0.460 e. The molecule has 7 heteroatoms. The number of hydrogen-bond donors (Lipinski definition) is 1. The summed E-state index contributed by atoms with van der Waals surface area (Å²) in [5, 5.41) is 3.22. The fourth-order valence-corrected chi connectivity index (χ4v) is 2.59. The minimum Gasteiger partial charge on any atom is -0.460 e. The molecule has 0 unspecified atom stereocenters. The van der Waals surface area contributed by atoms with Crippen LogP contribution < -0.4 is 10.1 Å². The van der Waals surface area contributed by atoms with Crippen LogP contribution in [0, 0.1) is 0 Å². The zero-order valence-corrected chi connectivity index (χ0v) is 17.7. The molecule has 30 heavy (non-hydrogen) atoms. The Balaban J connectivity index is 1.71. The van der Waals surface area contributed by atoms with E-state index in [1.165, 1.54) is 0 Å². The molecule has 2 aromatic heterocycles. The van der Waals surface area contributed by atoms with Gasteiger partial charge in [-0.15, -0.1) is 0 Å². The van der Waals surface area contributed by atoms with Crippen molar-refractivity contribution in [2.75, 3.05) is 11.9 Å². The molecule has 0 saturated heterocycles. The zero-order chi connectivity index (χ0) is 21.6. The molecule has 1 aromatic carbocycles. The average Bonchev–Trinajstić information content (AvgIpc) is 2.73. The number of hydrogen-bond acceptors (Lipinski definition) is 7. The summed E-state index contributed by atoms with van der Waals surface area (Å²) in [6, 6.07) is 15.1. The second-order valence-electron chi connectivity index (χ2n) is 7.69. The number of para-hydroxylation sites is 1. The van der Waals surface area contributed by atoms with E-state index < -0.39 is 5.97 Å². The lowest BCUT2D eigenvalue weighted by atomic mass is 9.92. The van der Waals surface area contributed by atoms with Crippen LogP contribution in [-0.4, -0.2) is 27.5 Å². The molecule has 7 nitrogen and oxygen atoms in total. The van der Waals surface area contributed by atoms with Crippen molar-refractivity contribution in [1.29, 1.82) is 0 Å². The highest BCUT2D eigenvalue weighted by Crippen LogP contribution is 2.23. The van der Waals surface area contributed by atoms with Crippen molar-refractivity contribution in [2.45, 2.75) is 39.7 Å². The van der Waals surface area contributed by atoms with Gasteiger partial charge >= 0.3 is 5.97 Å². The summed E-state index contributed by atoms with van der Waals surface area (Å²) in [6.45, 7) is 8.55. The van der Waals surface area contributed by atoms with E-state index in [1.54, 1.807) is 13.1 Å². The van der Waals surface area contributed by atoms with Crippen molar-refractivity contribution in [3.63, 3.8) is 0 Å². The van der Waals surface area contributed by atoms with Crippen LogP contribution in [-0.2, 0) is 16.7 Å². The first-order valence-corrected chi connectivity index (χ1v) is 9.83. The normalized spacial score (nSPS) is 11.1. The predicted molar refractivity (Wildman–Crippen MR) is 115 cm³/mol. The zero-order valence-electron chi connectivity index (χ0n) is 17.7. The van der Waals surface area contributed by atoms with Crippen molar-refractivity contribution in [3.05, 3.63) is 71.9 Å². The van der Waals surface area contributed by atoms with Gasteiger partial charge in [0.1, 0.15) is 17.3 Å². The molecule has 0 fully saturated rings. The summed E-state index contributed by atoms with van der Waals surface area (Å²) in [5.41, 5.74) is 1.32. The van der Waals surface area contributed by atoms with E-state index in [9.17, 15) is 4.79 Å². The van der Waals surface area contributed by atoms with Crippen LogP contribution in [0.15, 0.2) is 54.7 Å². The summed E-state index contributed by atoms with van der Waals surface area (Å²) >= 11 is 0. The predicted octanol–water partition coefficient (Wildman–Crippen LogP) is 4.75. The van der Waals surface area contributed by atoms with Crippen molar-refractivity contribution in [3.8, 4) is 11.5 Å². The summed E-state index contributed by atoms with van der Waals surface area (Å²) in [7, 11) is 0. The number of esters is 1. The van der Waals surface area contributed by atoms with E-state index >= 15 is 0 Å². The van der Waals surface area contributed by atoms with Crippen LogP contribution in [0.5, 0.6) is 11.5 Å². The van der Waals surface area contributed by atoms with Gasteiger partial charge in [-0.3, -0.25) is 4.98 Å². The highest BCUT2D eigenvalue weighted by atomic mass is 16.5.